The first kappa shape index (κ1) is 20.1. The monoisotopic (exact) mass is 416 g/mol. The van der Waals surface area contributed by atoms with Crippen LogP contribution in [0.4, 0.5) is 0 Å². The van der Waals surface area contributed by atoms with E-state index in [4.69, 9.17) is 5.73 Å². The number of fused-ring (bicyclic) bond motifs is 3. The molecule has 156 valence electrons. The number of rotatable bonds is 6. The smallest absolute Gasteiger partial charge is 0.326 e. The lowest BCUT2D eigenvalue weighted by Crippen LogP contribution is -2.43. The summed E-state index contributed by atoms with van der Waals surface area (Å²) in [6.45, 7) is 1.95. The van der Waals surface area contributed by atoms with Crippen molar-refractivity contribution in [3.05, 3.63) is 65.9 Å². The van der Waals surface area contributed by atoms with Gasteiger partial charge in [0.15, 0.2) is 0 Å². The van der Waals surface area contributed by atoms with E-state index in [1.807, 2.05) is 55.5 Å². The standard InChI is InChI=1S/C23H20N4O4/c1-12-6-2-3-7-13(12)20-21-15(14-8-4-5-9-16(14)25-21)10-17(26-20)22(29)27-18(23(30)31)11-19(24)28/h2-10,18,25H,11H2,1H3,(H2,24,28)(H,27,29)(H,30,31). The summed E-state index contributed by atoms with van der Waals surface area (Å²) in [6.07, 6.45) is -0.513. The molecule has 0 saturated carbocycles. The van der Waals surface area contributed by atoms with Gasteiger partial charge in [-0.2, -0.15) is 0 Å². The van der Waals surface area contributed by atoms with Crippen LogP contribution in [0.3, 0.4) is 0 Å². The summed E-state index contributed by atoms with van der Waals surface area (Å²) in [7, 11) is 0. The topological polar surface area (TPSA) is 138 Å². The maximum atomic E-state index is 12.9. The van der Waals surface area contributed by atoms with Crippen molar-refractivity contribution in [2.24, 2.45) is 5.73 Å². The second kappa shape index (κ2) is 7.91. The molecule has 1 unspecified atom stereocenters. The van der Waals surface area contributed by atoms with Gasteiger partial charge in [-0.3, -0.25) is 9.59 Å². The number of aliphatic carboxylic acids is 1. The molecule has 0 spiro atoms. The van der Waals surface area contributed by atoms with E-state index in [2.05, 4.69) is 15.3 Å². The predicted octanol–water partition coefficient (Wildman–Crippen LogP) is 2.75. The molecule has 4 aromatic rings. The molecule has 1 atom stereocenters. The Labute approximate surface area is 177 Å². The van der Waals surface area contributed by atoms with Crippen molar-refractivity contribution < 1.29 is 19.5 Å². The minimum absolute atomic E-state index is 0.0474. The Kier molecular flexibility index (Phi) is 5.12. The van der Waals surface area contributed by atoms with Crippen LogP contribution in [-0.4, -0.2) is 38.9 Å². The molecule has 31 heavy (non-hydrogen) atoms. The number of amides is 2. The Morgan fingerprint density at radius 3 is 2.52 bits per heavy atom. The fourth-order valence-electron chi connectivity index (χ4n) is 3.63. The Balaban J connectivity index is 1.89. The number of hydrogen-bond acceptors (Lipinski definition) is 4. The summed E-state index contributed by atoms with van der Waals surface area (Å²) in [5, 5.41) is 13.4. The number of carbonyl (C=O) groups excluding carboxylic acids is 2. The molecule has 2 aromatic heterocycles. The van der Waals surface area contributed by atoms with Crippen LogP contribution < -0.4 is 11.1 Å². The molecular weight excluding hydrogens is 396 g/mol. The van der Waals surface area contributed by atoms with E-state index < -0.39 is 30.2 Å². The van der Waals surface area contributed by atoms with Crippen molar-refractivity contribution in [3.8, 4) is 11.3 Å². The summed E-state index contributed by atoms with van der Waals surface area (Å²) in [4.78, 5) is 43.5. The molecule has 8 nitrogen and oxygen atoms in total. The number of para-hydroxylation sites is 1. The molecule has 0 saturated heterocycles. The van der Waals surface area contributed by atoms with Gasteiger partial charge in [0.05, 0.1) is 17.6 Å². The summed E-state index contributed by atoms with van der Waals surface area (Å²) in [5.41, 5.74) is 9.23. The van der Waals surface area contributed by atoms with E-state index in [0.29, 0.717) is 5.69 Å². The van der Waals surface area contributed by atoms with E-state index in [0.717, 1.165) is 32.9 Å². The molecule has 2 heterocycles. The number of benzene rings is 2. The SMILES string of the molecule is Cc1ccccc1-c1nc(C(=O)NC(CC(N)=O)C(=O)O)cc2c1[nH]c1ccccc12. The molecule has 2 amide bonds. The van der Waals surface area contributed by atoms with Crippen LogP contribution in [0.1, 0.15) is 22.5 Å². The molecule has 4 rings (SSSR count). The van der Waals surface area contributed by atoms with E-state index in [-0.39, 0.29) is 5.69 Å². The largest absolute Gasteiger partial charge is 0.480 e. The highest BCUT2D eigenvalue weighted by atomic mass is 16.4. The van der Waals surface area contributed by atoms with Gasteiger partial charge in [-0.15, -0.1) is 0 Å². The molecule has 0 bridgehead atoms. The highest BCUT2D eigenvalue weighted by molar-refractivity contribution is 6.13. The van der Waals surface area contributed by atoms with Crippen LogP contribution in [0, 0.1) is 6.92 Å². The molecule has 2 aromatic carbocycles. The molecule has 0 radical (unpaired) electrons. The van der Waals surface area contributed by atoms with E-state index in [1.165, 1.54) is 0 Å². The Morgan fingerprint density at radius 2 is 1.81 bits per heavy atom. The van der Waals surface area contributed by atoms with E-state index >= 15 is 0 Å². The first-order chi connectivity index (χ1) is 14.8. The number of nitrogens with zero attached hydrogens (tertiary/aromatic N) is 1. The van der Waals surface area contributed by atoms with Crippen molar-refractivity contribution in [1.82, 2.24) is 15.3 Å². The molecule has 8 heteroatoms. The van der Waals surface area contributed by atoms with E-state index in [1.54, 1.807) is 6.07 Å². The van der Waals surface area contributed by atoms with Gasteiger partial charge in [0.2, 0.25) is 5.91 Å². The second-order valence-corrected chi connectivity index (χ2v) is 7.30. The van der Waals surface area contributed by atoms with E-state index in [9.17, 15) is 19.5 Å². The summed E-state index contributed by atoms with van der Waals surface area (Å²) in [5.74, 6) is -2.87. The number of carboxylic acid groups (broad SMARTS) is 1. The van der Waals surface area contributed by atoms with Gasteiger partial charge in [-0.25, -0.2) is 9.78 Å². The summed E-state index contributed by atoms with van der Waals surface area (Å²) >= 11 is 0. The average molecular weight is 416 g/mol. The Hall–Kier alpha value is -4.20. The van der Waals surface area contributed by atoms with Gasteiger partial charge < -0.3 is 21.1 Å². The third kappa shape index (κ3) is 3.83. The number of H-pyrrole nitrogens is 1. The Morgan fingerprint density at radius 1 is 1.10 bits per heavy atom. The summed E-state index contributed by atoms with van der Waals surface area (Å²) < 4.78 is 0. The zero-order valence-electron chi connectivity index (χ0n) is 16.7. The lowest BCUT2D eigenvalue weighted by molar-refractivity contribution is -0.140. The quantitative estimate of drug-likeness (QED) is 0.383. The van der Waals surface area contributed by atoms with Crippen LogP contribution in [-0.2, 0) is 9.59 Å². The number of aromatic nitrogens is 2. The maximum Gasteiger partial charge on any atom is 0.326 e. The molecule has 0 fully saturated rings. The fraction of sp³-hybridized carbons (Fsp3) is 0.130. The number of carboxylic acids is 1. The Bertz CT molecular complexity index is 1340. The van der Waals surface area contributed by atoms with Gasteiger partial charge in [0.1, 0.15) is 11.7 Å². The second-order valence-electron chi connectivity index (χ2n) is 7.30. The van der Waals surface area contributed by atoms with Crippen molar-refractivity contribution >= 4 is 39.6 Å². The molecule has 5 N–H and O–H groups in total. The van der Waals surface area contributed by atoms with Crippen LogP contribution in [0.25, 0.3) is 33.1 Å². The number of aryl methyl sites for hydroxylation is 1. The zero-order chi connectivity index (χ0) is 22.1. The van der Waals surface area contributed by atoms with Gasteiger partial charge in [0, 0.05) is 21.9 Å². The number of aromatic amines is 1. The van der Waals surface area contributed by atoms with Crippen LogP contribution in [0.5, 0.6) is 0 Å². The van der Waals surface area contributed by atoms with Crippen LogP contribution in [0.2, 0.25) is 0 Å². The third-order valence-electron chi connectivity index (χ3n) is 5.14. The number of nitrogens with two attached hydrogens (primary N) is 1. The van der Waals surface area contributed by atoms with Crippen molar-refractivity contribution in [2.45, 2.75) is 19.4 Å². The average Bonchev–Trinajstić information content (AvgIpc) is 3.11. The van der Waals surface area contributed by atoms with Crippen molar-refractivity contribution in [2.75, 3.05) is 0 Å². The van der Waals surface area contributed by atoms with Gasteiger partial charge >= 0.3 is 5.97 Å². The molecule has 0 aliphatic carbocycles. The number of carbonyl (C=O) groups is 3. The normalized spacial score (nSPS) is 12.0. The van der Waals surface area contributed by atoms with Gasteiger partial charge in [-0.05, 0) is 24.6 Å². The number of hydrogen-bond donors (Lipinski definition) is 4. The van der Waals surface area contributed by atoms with Gasteiger partial charge in [0.25, 0.3) is 5.91 Å². The van der Waals surface area contributed by atoms with Crippen molar-refractivity contribution in [3.63, 3.8) is 0 Å². The predicted molar refractivity (Wildman–Crippen MR) is 116 cm³/mol. The molecule has 0 aliphatic rings. The number of nitrogens with one attached hydrogen (secondary N) is 2. The first-order valence-electron chi connectivity index (χ1n) is 9.64. The van der Waals surface area contributed by atoms with Crippen LogP contribution >= 0.6 is 0 Å². The van der Waals surface area contributed by atoms with Crippen molar-refractivity contribution in [1.29, 1.82) is 0 Å². The lowest BCUT2D eigenvalue weighted by Gasteiger charge is -2.14. The minimum Gasteiger partial charge on any atom is -0.480 e. The van der Waals surface area contributed by atoms with Crippen LogP contribution in [0.15, 0.2) is 54.6 Å². The maximum absolute atomic E-state index is 12.9. The zero-order valence-corrected chi connectivity index (χ0v) is 16.7. The summed E-state index contributed by atoms with van der Waals surface area (Å²) in [6, 6.07) is 15.5. The fourth-order valence-corrected chi connectivity index (χ4v) is 3.63. The number of pyridine rings is 1. The lowest BCUT2D eigenvalue weighted by atomic mass is 10.0. The molecular formula is C23H20N4O4. The highest BCUT2D eigenvalue weighted by Crippen LogP contribution is 2.33. The number of primary amides is 1. The minimum atomic E-state index is -1.44. The highest BCUT2D eigenvalue weighted by Gasteiger charge is 2.25. The first-order valence-corrected chi connectivity index (χ1v) is 9.64. The van der Waals surface area contributed by atoms with Gasteiger partial charge in [-0.1, -0.05) is 42.5 Å². The third-order valence-corrected chi connectivity index (χ3v) is 5.14. The molecule has 0 aliphatic heterocycles.